The lowest BCUT2D eigenvalue weighted by Gasteiger charge is -2.25. The van der Waals surface area contributed by atoms with Gasteiger partial charge in [0.1, 0.15) is 23.6 Å². The third kappa shape index (κ3) is 28.2. The molecule has 5 saturated heterocycles. The zero-order valence-corrected chi connectivity index (χ0v) is 47.8. The van der Waals surface area contributed by atoms with Gasteiger partial charge in [0.25, 0.3) is 5.78 Å². The van der Waals surface area contributed by atoms with Gasteiger partial charge >= 0.3 is 71.6 Å². The predicted octanol–water partition coefficient (Wildman–Crippen LogP) is -4.08. The molecule has 5 aliphatic heterocycles. The van der Waals surface area contributed by atoms with Gasteiger partial charge in [-0.05, 0) is 62.6 Å². The third-order valence-corrected chi connectivity index (χ3v) is 13.5. The predicted molar refractivity (Wildman–Crippen MR) is 302 cm³/mol. The summed E-state index contributed by atoms with van der Waals surface area (Å²) >= 11 is 0. The van der Waals surface area contributed by atoms with Crippen LogP contribution in [0.3, 0.4) is 0 Å². The Kier molecular flexibility index (Phi) is 33.6. The van der Waals surface area contributed by atoms with Gasteiger partial charge in [-0.1, -0.05) is 0 Å². The number of aliphatic carboxylic acids is 10. The molecule has 10 unspecified atom stereocenters. The highest BCUT2D eigenvalue weighted by Gasteiger charge is 2.43. The molecule has 0 spiro atoms. The molecule has 0 bridgehead atoms. The van der Waals surface area contributed by atoms with E-state index in [-0.39, 0.29) is 80.3 Å². The zero-order valence-electron chi connectivity index (χ0n) is 47.8. The quantitative estimate of drug-likeness (QED) is 0.0486. The number of nitrogens with one attached hydrogen (secondary N) is 5. The number of carbonyl (C=O) groups is 16. The van der Waals surface area contributed by atoms with E-state index in [2.05, 4.69) is 31.3 Å². The van der Waals surface area contributed by atoms with Crippen molar-refractivity contribution in [2.24, 2.45) is 47.3 Å². The molecule has 6 fully saturated rings. The third-order valence-electron chi connectivity index (χ3n) is 13.5. The zero-order chi connectivity index (χ0) is 69.6. The minimum absolute atomic E-state index is 0.00454. The fraction of sp³-hybridized carbons (Fsp3) is 0.472. The van der Waals surface area contributed by atoms with Gasteiger partial charge in [0.15, 0.2) is 6.79 Å². The molecule has 8 rings (SSSR count). The Morgan fingerprint density at radius 2 is 0.780 bits per heavy atom. The number of carbonyl (C=O) groups excluding carboxylic acids is 4. The molecule has 5 heterocycles. The summed E-state index contributed by atoms with van der Waals surface area (Å²) in [5.41, 5.74) is 17.3. The minimum Gasteiger partial charge on any atom is -0.481 e. The lowest BCUT2D eigenvalue weighted by Crippen LogP contribution is -2.44. The number of rotatable bonds is 14. The summed E-state index contributed by atoms with van der Waals surface area (Å²) < 4.78 is 4.69. The van der Waals surface area contributed by atoms with Gasteiger partial charge in [0.2, 0.25) is 11.6 Å². The van der Waals surface area contributed by atoms with Crippen LogP contribution in [0, 0.1) is 47.3 Å². The summed E-state index contributed by atoms with van der Waals surface area (Å²) in [5.74, 6) is -20.8. The number of anilines is 3. The van der Waals surface area contributed by atoms with E-state index in [9.17, 15) is 76.7 Å². The molecular weight excluding hydrogens is 1230 g/mol. The van der Waals surface area contributed by atoms with E-state index >= 15 is 0 Å². The van der Waals surface area contributed by atoms with Crippen LogP contribution in [0.15, 0.2) is 36.4 Å². The number of carboxylic acid groups (broad SMARTS) is 12. The maximum absolute atomic E-state index is 10.7. The van der Waals surface area contributed by atoms with Crippen LogP contribution in [-0.4, -0.2) is 232 Å². The number of ketones is 4. The molecule has 0 radical (unpaired) electrons. The highest BCUT2D eigenvalue weighted by atomic mass is 16.6. The fourth-order valence-electron chi connectivity index (χ4n) is 8.75. The second kappa shape index (κ2) is 38.9. The number of aliphatic hydroxyl groups is 1. The van der Waals surface area contributed by atoms with Crippen LogP contribution in [0.1, 0.15) is 59.2 Å². The van der Waals surface area contributed by atoms with Crippen molar-refractivity contribution in [3.63, 3.8) is 0 Å². The lowest BCUT2D eigenvalue weighted by molar-refractivity contribution is -0.154. The van der Waals surface area contributed by atoms with Gasteiger partial charge in [0.05, 0.1) is 71.6 Å². The number of benzene rings is 2. The normalized spacial score (nSPS) is 23.5. The van der Waals surface area contributed by atoms with Crippen molar-refractivity contribution in [3.05, 3.63) is 47.5 Å². The van der Waals surface area contributed by atoms with Crippen LogP contribution in [0.5, 0.6) is 5.75 Å². The van der Waals surface area contributed by atoms with Crippen LogP contribution in [-0.2, 0) is 67.1 Å². The Morgan fingerprint density at radius 3 is 1.11 bits per heavy atom. The van der Waals surface area contributed by atoms with Crippen LogP contribution in [0.25, 0.3) is 0 Å². The summed E-state index contributed by atoms with van der Waals surface area (Å²) in [4.78, 5) is 167. The monoisotopic (exact) mass is 1300 g/mol. The summed E-state index contributed by atoms with van der Waals surface area (Å²) in [5, 5.41) is 125. The Balaban J connectivity index is 0.000000521. The van der Waals surface area contributed by atoms with Crippen molar-refractivity contribution < 1.29 is 148 Å². The topological polar surface area (TPSA) is 684 Å². The molecule has 0 aromatic heterocycles. The number of piperidine rings is 3. The molecule has 6 aliphatic rings. The largest absolute Gasteiger partial charge is 0.481 e. The van der Waals surface area contributed by atoms with E-state index in [0.717, 1.165) is 0 Å². The molecule has 502 valence electrons. The lowest BCUT2D eigenvalue weighted by atomic mass is 9.87. The average molecular weight is 1300 g/mol. The summed E-state index contributed by atoms with van der Waals surface area (Å²) in [6.45, 7) is 1.60. The van der Waals surface area contributed by atoms with Gasteiger partial charge in [-0.2, -0.15) is 0 Å². The van der Waals surface area contributed by atoms with Crippen LogP contribution in [0.4, 0.5) is 17.1 Å². The second-order valence-corrected chi connectivity index (χ2v) is 20.1. The SMILES string of the molecule is Nc1cc(N)cc(C(=O)O)c1.Nc1cc(OCO)cc(C(=O)O)c1.O=C(O)C1CCC(C(=O)O)N1.O=C(O)C1CCNCC1C(=O)O.O=C(O)C1CNCC(C(=O)O)C1.O=C(O)C1CNCC1C(=O)O.O=C1CC(C(=O)O)C(C(=O)O)C1.O=C1CNCC(=O)C1=O. The fourth-order valence-corrected chi connectivity index (χ4v) is 8.75. The van der Waals surface area contributed by atoms with E-state index in [4.69, 9.17) is 83.6 Å². The van der Waals surface area contributed by atoms with Crippen molar-refractivity contribution in [1.29, 1.82) is 0 Å². The summed E-state index contributed by atoms with van der Waals surface area (Å²) in [6, 6.07) is 6.89. The number of Topliss-reactive ketones (excluding diaryl/α,β-unsaturated/α-hetero) is 4. The van der Waals surface area contributed by atoms with E-state index in [1.807, 2.05) is 0 Å². The van der Waals surface area contributed by atoms with Crippen LogP contribution in [0.2, 0.25) is 0 Å². The molecule has 2 aromatic carbocycles. The van der Waals surface area contributed by atoms with Gasteiger partial charge in [-0.25, -0.2) is 9.59 Å². The van der Waals surface area contributed by atoms with Crippen molar-refractivity contribution in [2.45, 2.75) is 50.6 Å². The molecule has 38 heteroatoms. The standard InChI is InChI=1S/C8H9NO4.C7H8N2O2.2C7H11NO4.C7H8O5.2C6H9NO4.C5H5NO3/c9-6-1-5(8(11)12)2-7(3-6)13-4-10;8-5-1-4(7(10)11)2-6(9)3-5;9-6(10)4-1-5(7(11)12)3-8-2-4;9-6(10)4-1-2-8-3-5(4)7(11)12;8-3-1-4(6(9)10)5(2-3)7(11)12;8-5(9)3-1-7-2-4(3)6(10)11;8-5(9)3-1-2-4(7-3)6(10)11;7-3-1-6-2-4(8)5(3)9/h1-3,10H,4,9H2,(H,11,12);1-3H,8-9H2,(H,10,11);2*4-5,8H,1-3H2,(H,9,10)(H,11,12);4-5H,1-2H2,(H,9,10)(H,11,12);2*3-4,7H,1-2H2,(H,8,9)(H,10,11);6H,1-2H2. The molecule has 0 amide bonds. The molecule has 1 saturated carbocycles. The first-order valence-electron chi connectivity index (χ1n) is 26.7. The Hall–Kier alpha value is -10.3. The van der Waals surface area contributed by atoms with Crippen molar-refractivity contribution in [2.75, 3.05) is 76.4 Å². The highest BCUT2D eigenvalue weighted by Crippen LogP contribution is 2.29. The molecule has 38 nitrogen and oxygen atoms in total. The Labute approximate surface area is 512 Å². The van der Waals surface area contributed by atoms with Crippen LogP contribution >= 0.6 is 0 Å². The molecular formula is C53H70N8O30. The van der Waals surface area contributed by atoms with Crippen molar-refractivity contribution >= 4 is 112 Å². The number of nitrogen functional groups attached to an aromatic ring is 3. The first-order chi connectivity index (χ1) is 42.4. The number of nitrogens with two attached hydrogens (primary N) is 3. The van der Waals surface area contributed by atoms with Gasteiger partial charge < -0.3 is 110 Å². The first-order valence-corrected chi connectivity index (χ1v) is 26.7. The number of aromatic carboxylic acids is 2. The smallest absolute Gasteiger partial charge is 0.335 e. The maximum atomic E-state index is 10.7. The maximum Gasteiger partial charge on any atom is 0.335 e. The number of hydrogen-bond donors (Lipinski definition) is 21. The Morgan fingerprint density at radius 1 is 0.418 bits per heavy atom. The number of ether oxygens (including phenoxy) is 1. The van der Waals surface area contributed by atoms with Gasteiger partial charge in [-0.3, -0.25) is 72.4 Å². The second-order valence-electron chi connectivity index (χ2n) is 20.1. The Bertz CT molecular complexity index is 2870. The molecule has 10 atom stereocenters. The molecule has 24 N–H and O–H groups in total. The van der Waals surface area contributed by atoms with Gasteiger partial charge in [-0.15, -0.1) is 0 Å². The van der Waals surface area contributed by atoms with E-state index in [1.165, 1.54) is 36.4 Å². The van der Waals surface area contributed by atoms with Gasteiger partial charge in [0, 0.05) is 68.7 Å². The molecule has 91 heavy (non-hydrogen) atoms. The van der Waals surface area contributed by atoms with E-state index in [1.54, 1.807) is 0 Å². The van der Waals surface area contributed by atoms with Crippen molar-refractivity contribution in [1.82, 2.24) is 26.6 Å². The minimum atomic E-state index is -1.20. The first kappa shape index (κ1) is 78.7. The number of carboxylic acids is 12. The van der Waals surface area contributed by atoms with E-state index < -0.39 is 155 Å². The highest BCUT2D eigenvalue weighted by molar-refractivity contribution is 6.65. The molecule has 1 aliphatic carbocycles. The number of hydrogen-bond acceptors (Lipinski definition) is 26. The van der Waals surface area contributed by atoms with Crippen LogP contribution < -0.4 is 48.5 Å². The summed E-state index contributed by atoms with van der Waals surface area (Å²) in [7, 11) is 0. The average Bonchev–Trinajstić information content (AvgIpc) is 2.56. The molecule has 2 aromatic rings. The summed E-state index contributed by atoms with van der Waals surface area (Å²) in [6.07, 6.45) is 1.13. The number of aliphatic hydroxyl groups excluding tert-OH is 1. The van der Waals surface area contributed by atoms with Crippen molar-refractivity contribution in [3.8, 4) is 5.75 Å². The van der Waals surface area contributed by atoms with E-state index in [0.29, 0.717) is 50.3 Å².